The van der Waals surface area contributed by atoms with Crippen molar-refractivity contribution >= 4 is 5.91 Å². The maximum atomic E-state index is 10.6. The quantitative estimate of drug-likeness (QED) is 0.321. The molecule has 1 heterocycles. The zero-order valence-corrected chi connectivity index (χ0v) is 5.20. The van der Waals surface area contributed by atoms with E-state index in [4.69, 9.17) is 5.84 Å². The average Bonchev–Trinajstić information content (AvgIpc) is 2.40. The van der Waals surface area contributed by atoms with E-state index in [9.17, 15) is 4.79 Å². The fourth-order valence-corrected chi connectivity index (χ4v) is 0.544. The SMILES string of the molecule is NNC(=O)Cc1ccon1. The van der Waals surface area contributed by atoms with Crippen molar-refractivity contribution in [3.8, 4) is 0 Å². The van der Waals surface area contributed by atoms with Crippen LogP contribution in [-0.4, -0.2) is 11.1 Å². The van der Waals surface area contributed by atoms with Crippen LogP contribution in [0.4, 0.5) is 0 Å². The molecule has 3 N–H and O–H groups in total. The third-order valence-corrected chi connectivity index (χ3v) is 0.994. The van der Waals surface area contributed by atoms with E-state index < -0.39 is 0 Å². The van der Waals surface area contributed by atoms with Gasteiger partial charge in [-0.25, -0.2) is 5.84 Å². The van der Waals surface area contributed by atoms with E-state index in [-0.39, 0.29) is 12.3 Å². The molecule has 0 saturated carbocycles. The van der Waals surface area contributed by atoms with E-state index in [1.54, 1.807) is 6.07 Å². The molecule has 0 aliphatic heterocycles. The molecule has 0 unspecified atom stereocenters. The lowest BCUT2D eigenvalue weighted by Crippen LogP contribution is -2.31. The Morgan fingerprint density at radius 2 is 2.70 bits per heavy atom. The summed E-state index contributed by atoms with van der Waals surface area (Å²) in [7, 11) is 0. The van der Waals surface area contributed by atoms with Crippen LogP contribution < -0.4 is 11.3 Å². The largest absolute Gasteiger partial charge is 0.364 e. The third-order valence-electron chi connectivity index (χ3n) is 0.994. The first-order valence-electron chi connectivity index (χ1n) is 2.71. The molecule has 0 saturated heterocycles. The summed E-state index contributed by atoms with van der Waals surface area (Å²) in [6, 6.07) is 1.61. The van der Waals surface area contributed by atoms with Gasteiger partial charge in [-0.15, -0.1) is 0 Å². The van der Waals surface area contributed by atoms with Crippen molar-refractivity contribution in [1.29, 1.82) is 0 Å². The normalized spacial score (nSPS) is 9.30. The second-order valence-electron chi connectivity index (χ2n) is 1.74. The molecule has 1 aromatic heterocycles. The van der Waals surface area contributed by atoms with Gasteiger partial charge in [0.05, 0.1) is 12.1 Å². The van der Waals surface area contributed by atoms with Crippen molar-refractivity contribution in [3.05, 3.63) is 18.0 Å². The maximum Gasteiger partial charge on any atom is 0.240 e. The highest BCUT2D eigenvalue weighted by Gasteiger charge is 2.02. The van der Waals surface area contributed by atoms with Crippen molar-refractivity contribution in [3.63, 3.8) is 0 Å². The Balaban J connectivity index is 2.48. The van der Waals surface area contributed by atoms with Crippen molar-refractivity contribution < 1.29 is 9.32 Å². The Kier molecular flexibility index (Phi) is 2.01. The molecule has 5 heteroatoms. The predicted molar refractivity (Wildman–Crippen MR) is 32.5 cm³/mol. The van der Waals surface area contributed by atoms with Gasteiger partial charge in [0.25, 0.3) is 0 Å². The fourth-order valence-electron chi connectivity index (χ4n) is 0.544. The van der Waals surface area contributed by atoms with Gasteiger partial charge in [0, 0.05) is 6.07 Å². The second-order valence-corrected chi connectivity index (χ2v) is 1.74. The van der Waals surface area contributed by atoms with Gasteiger partial charge < -0.3 is 4.52 Å². The minimum atomic E-state index is -0.283. The number of nitrogens with two attached hydrogens (primary N) is 1. The highest BCUT2D eigenvalue weighted by atomic mass is 16.5. The van der Waals surface area contributed by atoms with Crippen LogP contribution in [0.1, 0.15) is 5.69 Å². The van der Waals surface area contributed by atoms with Gasteiger partial charge in [-0.2, -0.15) is 0 Å². The summed E-state index contributed by atoms with van der Waals surface area (Å²) in [6.45, 7) is 0. The van der Waals surface area contributed by atoms with Gasteiger partial charge >= 0.3 is 0 Å². The summed E-state index contributed by atoms with van der Waals surface area (Å²) in [5, 5.41) is 3.51. The van der Waals surface area contributed by atoms with Gasteiger partial charge in [-0.05, 0) is 0 Å². The Hall–Kier alpha value is -1.36. The van der Waals surface area contributed by atoms with Crippen molar-refractivity contribution in [2.75, 3.05) is 0 Å². The second kappa shape index (κ2) is 2.98. The predicted octanol–water partition coefficient (Wildman–Crippen LogP) is -0.793. The van der Waals surface area contributed by atoms with Crippen LogP contribution >= 0.6 is 0 Å². The highest BCUT2D eigenvalue weighted by molar-refractivity contribution is 5.77. The molecule has 0 atom stereocenters. The number of nitrogens with zero attached hydrogens (tertiary/aromatic N) is 1. The molecule has 1 aromatic rings. The Labute approximate surface area is 57.1 Å². The van der Waals surface area contributed by atoms with E-state index in [1.165, 1.54) is 6.26 Å². The molecule has 5 nitrogen and oxygen atoms in total. The standard InChI is InChI=1S/C5H7N3O2/c6-7-5(9)3-4-1-2-10-8-4/h1-2H,3,6H2,(H,7,9). The van der Waals surface area contributed by atoms with Gasteiger partial charge in [0.1, 0.15) is 6.26 Å². The molecule has 1 amide bonds. The first kappa shape index (κ1) is 6.76. The summed E-state index contributed by atoms with van der Waals surface area (Å²) in [4.78, 5) is 10.6. The summed E-state index contributed by atoms with van der Waals surface area (Å²) >= 11 is 0. The molecule has 0 aromatic carbocycles. The molecule has 0 fully saturated rings. The summed E-state index contributed by atoms with van der Waals surface area (Å²) in [5.41, 5.74) is 2.55. The topological polar surface area (TPSA) is 81.1 Å². The van der Waals surface area contributed by atoms with Crippen LogP contribution in [-0.2, 0) is 11.2 Å². The minimum Gasteiger partial charge on any atom is -0.364 e. The fraction of sp³-hybridized carbons (Fsp3) is 0.200. The van der Waals surface area contributed by atoms with Gasteiger partial charge in [-0.1, -0.05) is 5.16 Å². The number of amides is 1. The first-order chi connectivity index (χ1) is 4.83. The van der Waals surface area contributed by atoms with Gasteiger partial charge in [0.2, 0.25) is 5.91 Å². The molecule has 0 aliphatic rings. The molecule has 10 heavy (non-hydrogen) atoms. The van der Waals surface area contributed by atoms with E-state index in [0.29, 0.717) is 5.69 Å². The lowest BCUT2D eigenvalue weighted by atomic mass is 10.3. The molecule has 0 radical (unpaired) electrons. The van der Waals surface area contributed by atoms with Crippen LogP contribution in [0.3, 0.4) is 0 Å². The number of carbonyl (C=O) groups excluding carboxylic acids is 1. The molecular formula is C5H7N3O2. The number of carbonyl (C=O) groups is 1. The minimum absolute atomic E-state index is 0.160. The number of hydrogen-bond donors (Lipinski definition) is 2. The first-order valence-corrected chi connectivity index (χ1v) is 2.71. The van der Waals surface area contributed by atoms with Crippen LogP contribution in [0.2, 0.25) is 0 Å². The van der Waals surface area contributed by atoms with E-state index in [1.807, 2.05) is 5.43 Å². The van der Waals surface area contributed by atoms with E-state index in [0.717, 1.165) is 0 Å². The number of hydrazine groups is 1. The van der Waals surface area contributed by atoms with Gasteiger partial charge in [0.15, 0.2) is 0 Å². The van der Waals surface area contributed by atoms with Crippen molar-refractivity contribution in [2.45, 2.75) is 6.42 Å². The Morgan fingerprint density at radius 1 is 1.90 bits per heavy atom. The Morgan fingerprint density at radius 3 is 3.20 bits per heavy atom. The smallest absolute Gasteiger partial charge is 0.240 e. The third kappa shape index (κ3) is 1.56. The van der Waals surface area contributed by atoms with Crippen LogP contribution in [0.15, 0.2) is 16.9 Å². The summed E-state index contributed by atoms with van der Waals surface area (Å²) in [6.07, 6.45) is 1.56. The van der Waals surface area contributed by atoms with Crippen LogP contribution in [0, 0.1) is 0 Å². The molecule has 0 spiro atoms. The molecular weight excluding hydrogens is 134 g/mol. The summed E-state index contributed by atoms with van der Waals surface area (Å²) < 4.78 is 4.49. The average molecular weight is 141 g/mol. The van der Waals surface area contributed by atoms with E-state index >= 15 is 0 Å². The number of hydrogen-bond acceptors (Lipinski definition) is 4. The highest BCUT2D eigenvalue weighted by Crippen LogP contribution is 1.93. The van der Waals surface area contributed by atoms with E-state index in [2.05, 4.69) is 9.68 Å². The molecule has 0 bridgehead atoms. The summed E-state index contributed by atoms with van der Waals surface area (Å²) in [5.74, 6) is 4.55. The van der Waals surface area contributed by atoms with Crippen molar-refractivity contribution in [2.24, 2.45) is 5.84 Å². The monoisotopic (exact) mass is 141 g/mol. The molecule has 54 valence electrons. The molecule has 0 aliphatic carbocycles. The zero-order valence-electron chi connectivity index (χ0n) is 5.20. The number of rotatable bonds is 2. The lowest BCUT2D eigenvalue weighted by Gasteiger charge is -1.92. The van der Waals surface area contributed by atoms with Crippen LogP contribution in [0.5, 0.6) is 0 Å². The van der Waals surface area contributed by atoms with Gasteiger partial charge in [-0.3, -0.25) is 10.2 Å². The maximum absolute atomic E-state index is 10.6. The van der Waals surface area contributed by atoms with Crippen LogP contribution in [0.25, 0.3) is 0 Å². The van der Waals surface area contributed by atoms with Crippen molar-refractivity contribution in [1.82, 2.24) is 10.6 Å². The Bertz CT molecular complexity index is 207. The number of aromatic nitrogens is 1. The number of nitrogens with one attached hydrogen (secondary N) is 1. The molecule has 1 rings (SSSR count). The zero-order chi connectivity index (χ0) is 7.40. The lowest BCUT2D eigenvalue weighted by molar-refractivity contribution is -0.120.